The number of nitrogens with zero attached hydrogens (tertiary/aromatic N) is 2. The minimum Gasteiger partial charge on any atom is -0.490 e. The lowest BCUT2D eigenvalue weighted by molar-refractivity contribution is 0.286. The Morgan fingerprint density at radius 3 is 2.48 bits per heavy atom. The van der Waals surface area contributed by atoms with Crippen LogP contribution in [0, 0.1) is 0 Å². The molecule has 1 aromatic heterocycles. The highest BCUT2D eigenvalue weighted by atomic mass is 35.5. The molecule has 0 N–H and O–H groups in total. The van der Waals surface area contributed by atoms with E-state index in [1.165, 1.54) is 24.8 Å². The van der Waals surface area contributed by atoms with Crippen LogP contribution in [0.15, 0.2) is 35.5 Å². The van der Waals surface area contributed by atoms with Gasteiger partial charge in [-0.3, -0.25) is 4.99 Å². The van der Waals surface area contributed by atoms with Gasteiger partial charge in [-0.25, -0.2) is 4.98 Å². The summed E-state index contributed by atoms with van der Waals surface area (Å²) < 4.78 is 11.8. The first kappa shape index (κ1) is 18.3. The van der Waals surface area contributed by atoms with E-state index in [1.807, 2.05) is 32.2 Å². The number of benzene rings is 1. The van der Waals surface area contributed by atoms with E-state index < -0.39 is 0 Å². The van der Waals surface area contributed by atoms with Gasteiger partial charge in [-0.2, -0.15) is 0 Å². The second-order valence-electron chi connectivity index (χ2n) is 7.06. The zero-order chi connectivity index (χ0) is 18.8. The van der Waals surface area contributed by atoms with Gasteiger partial charge in [-0.1, -0.05) is 24.4 Å². The Morgan fingerprint density at radius 1 is 1.04 bits per heavy atom. The van der Waals surface area contributed by atoms with Crippen molar-refractivity contribution in [3.8, 4) is 11.5 Å². The fourth-order valence-corrected chi connectivity index (χ4v) is 4.35. The number of aliphatic imine (C=N–C) groups is 1. The minimum atomic E-state index is 0.323. The van der Waals surface area contributed by atoms with Crippen molar-refractivity contribution in [1.29, 1.82) is 0 Å². The molecule has 1 aromatic carbocycles. The van der Waals surface area contributed by atoms with Gasteiger partial charge in [0.1, 0.15) is 5.15 Å². The molecule has 5 heteroatoms. The molecule has 0 unspecified atom stereocenters. The molecule has 2 atom stereocenters. The van der Waals surface area contributed by atoms with E-state index in [0.717, 1.165) is 34.8 Å². The number of ether oxygens (including phenoxy) is 2. The molecule has 4 nitrogen and oxygen atoms in total. The van der Waals surface area contributed by atoms with Crippen molar-refractivity contribution < 1.29 is 9.47 Å². The summed E-state index contributed by atoms with van der Waals surface area (Å²) in [6.07, 6.45) is 6.61. The maximum Gasteiger partial charge on any atom is 0.161 e. The summed E-state index contributed by atoms with van der Waals surface area (Å²) in [7, 11) is 0. The molecular weight excluding hydrogens is 360 g/mol. The summed E-state index contributed by atoms with van der Waals surface area (Å²) in [4.78, 5) is 9.42. The third kappa shape index (κ3) is 3.55. The Bertz CT molecular complexity index is 848. The zero-order valence-electron chi connectivity index (χ0n) is 15.9. The molecule has 0 spiro atoms. The summed E-state index contributed by atoms with van der Waals surface area (Å²) in [5.41, 5.74) is 4.44. The number of hydrogen-bond acceptors (Lipinski definition) is 4. The number of aromatic nitrogens is 1. The van der Waals surface area contributed by atoms with Crippen LogP contribution < -0.4 is 9.47 Å². The Labute approximate surface area is 165 Å². The first-order chi connectivity index (χ1) is 13.2. The van der Waals surface area contributed by atoms with E-state index in [4.69, 9.17) is 26.1 Å². The Morgan fingerprint density at radius 2 is 1.78 bits per heavy atom. The van der Waals surface area contributed by atoms with Crippen molar-refractivity contribution in [3.63, 3.8) is 0 Å². The second kappa shape index (κ2) is 7.89. The average Bonchev–Trinajstić information content (AvgIpc) is 2.69. The predicted molar refractivity (Wildman–Crippen MR) is 109 cm³/mol. The molecule has 27 heavy (non-hydrogen) atoms. The van der Waals surface area contributed by atoms with Gasteiger partial charge in [-0.05, 0) is 56.5 Å². The Kier molecular flexibility index (Phi) is 5.35. The van der Waals surface area contributed by atoms with Crippen LogP contribution in [0.2, 0.25) is 5.15 Å². The van der Waals surface area contributed by atoms with Gasteiger partial charge < -0.3 is 9.47 Å². The fraction of sp³-hybridized carbons (Fsp3) is 0.455. The first-order valence-electron chi connectivity index (χ1n) is 9.84. The van der Waals surface area contributed by atoms with Crippen molar-refractivity contribution >= 4 is 17.3 Å². The number of rotatable bonds is 5. The van der Waals surface area contributed by atoms with Gasteiger partial charge in [0.2, 0.25) is 0 Å². The SMILES string of the molecule is CCOc1cc2c(cc1OCC)[C@@H]1CCCC[C@@H]1N=C2c1ccc(Cl)nc1. The molecule has 0 saturated heterocycles. The van der Waals surface area contributed by atoms with Crippen LogP contribution in [0.5, 0.6) is 11.5 Å². The van der Waals surface area contributed by atoms with Crippen LogP contribution in [0.1, 0.15) is 62.1 Å². The van der Waals surface area contributed by atoms with Crippen LogP contribution in [0.4, 0.5) is 0 Å². The third-order valence-electron chi connectivity index (χ3n) is 5.40. The lowest BCUT2D eigenvalue weighted by atomic mass is 9.75. The molecule has 2 aromatic rings. The molecule has 0 bridgehead atoms. The normalized spacial score (nSPS) is 21.1. The zero-order valence-corrected chi connectivity index (χ0v) is 16.6. The number of halogens is 1. The monoisotopic (exact) mass is 384 g/mol. The van der Waals surface area contributed by atoms with Crippen molar-refractivity contribution in [1.82, 2.24) is 4.98 Å². The lowest BCUT2D eigenvalue weighted by Crippen LogP contribution is -2.29. The van der Waals surface area contributed by atoms with Gasteiger partial charge in [0.25, 0.3) is 0 Å². The van der Waals surface area contributed by atoms with E-state index in [-0.39, 0.29) is 0 Å². The van der Waals surface area contributed by atoms with E-state index in [0.29, 0.717) is 30.3 Å². The topological polar surface area (TPSA) is 43.7 Å². The van der Waals surface area contributed by atoms with Crippen LogP contribution in [0.3, 0.4) is 0 Å². The molecule has 142 valence electrons. The molecule has 2 aliphatic rings. The smallest absolute Gasteiger partial charge is 0.161 e. The number of pyridine rings is 1. The third-order valence-corrected chi connectivity index (χ3v) is 5.62. The molecule has 0 radical (unpaired) electrons. The lowest BCUT2D eigenvalue weighted by Gasteiger charge is -2.35. The van der Waals surface area contributed by atoms with E-state index in [2.05, 4.69) is 17.1 Å². The van der Waals surface area contributed by atoms with Crippen molar-refractivity contribution in [2.75, 3.05) is 13.2 Å². The van der Waals surface area contributed by atoms with Crippen molar-refractivity contribution in [2.45, 2.75) is 51.5 Å². The van der Waals surface area contributed by atoms with Gasteiger partial charge in [-0.15, -0.1) is 0 Å². The highest BCUT2D eigenvalue weighted by molar-refractivity contribution is 6.29. The van der Waals surface area contributed by atoms with Gasteiger partial charge in [0.05, 0.1) is 25.0 Å². The van der Waals surface area contributed by atoms with Crippen LogP contribution in [0.25, 0.3) is 0 Å². The van der Waals surface area contributed by atoms with Crippen LogP contribution >= 0.6 is 11.6 Å². The summed E-state index contributed by atoms with van der Waals surface area (Å²) in [5.74, 6) is 2.06. The first-order valence-corrected chi connectivity index (χ1v) is 10.2. The quantitative estimate of drug-likeness (QED) is 0.647. The molecule has 1 aliphatic carbocycles. The standard InChI is InChI=1S/C22H25ClN2O2/c1-3-26-19-11-16-15-7-5-6-8-18(15)25-22(14-9-10-21(23)24-13-14)17(16)12-20(19)27-4-2/h9-13,15,18H,3-8H2,1-2H3/t15-,18-/m0/s1. The van der Waals surface area contributed by atoms with Crippen molar-refractivity contribution in [2.24, 2.45) is 4.99 Å². The summed E-state index contributed by atoms with van der Waals surface area (Å²) in [5, 5.41) is 0.493. The van der Waals surface area contributed by atoms with E-state index in [1.54, 1.807) is 0 Å². The second-order valence-corrected chi connectivity index (χ2v) is 7.45. The molecule has 1 fully saturated rings. The number of fused-ring (bicyclic) bond motifs is 3. The molecule has 4 rings (SSSR count). The molecule has 0 amide bonds. The summed E-state index contributed by atoms with van der Waals surface area (Å²) in [6.45, 7) is 5.21. The Balaban J connectivity index is 1.87. The average molecular weight is 385 g/mol. The maximum absolute atomic E-state index is 6.00. The highest BCUT2D eigenvalue weighted by Gasteiger charge is 2.34. The van der Waals surface area contributed by atoms with Crippen LogP contribution in [-0.4, -0.2) is 30.0 Å². The van der Waals surface area contributed by atoms with E-state index >= 15 is 0 Å². The van der Waals surface area contributed by atoms with Gasteiger partial charge in [0, 0.05) is 23.2 Å². The van der Waals surface area contributed by atoms with Gasteiger partial charge in [0.15, 0.2) is 11.5 Å². The summed E-state index contributed by atoms with van der Waals surface area (Å²) in [6, 6.07) is 8.43. The predicted octanol–water partition coefficient (Wildman–Crippen LogP) is 5.41. The fourth-order valence-electron chi connectivity index (χ4n) is 4.23. The Hall–Kier alpha value is -2.07. The number of hydrogen-bond donors (Lipinski definition) is 0. The van der Waals surface area contributed by atoms with Crippen LogP contribution in [-0.2, 0) is 0 Å². The highest BCUT2D eigenvalue weighted by Crippen LogP contribution is 2.44. The molecule has 1 saturated carbocycles. The largest absolute Gasteiger partial charge is 0.490 e. The molecular formula is C22H25ClN2O2. The van der Waals surface area contributed by atoms with Crippen molar-refractivity contribution in [3.05, 3.63) is 52.3 Å². The minimum absolute atomic E-state index is 0.323. The maximum atomic E-state index is 6.00. The molecule has 1 aliphatic heterocycles. The molecule has 2 heterocycles. The van der Waals surface area contributed by atoms with E-state index in [9.17, 15) is 0 Å². The summed E-state index contributed by atoms with van der Waals surface area (Å²) >= 11 is 6.00. The van der Waals surface area contributed by atoms with Gasteiger partial charge >= 0.3 is 0 Å².